The quantitative estimate of drug-likeness (QED) is 0.375. The lowest BCUT2D eigenvalue weighted by Gasteiger charge is -2.43. The van der Waals surface area contributed by atoms with Crippen molar-refractivity contribution in [3.05, 3.63) is 103 Å². The van der Waals surface area contributed by atoms with Gasteiger partial charge in [0, 0.05) is 0 Å². The number of hydrogen-bond donors (Lipinski definition) is 0. The highest BCUT2D eigenvalue weighted by Crippen LogP contribution is 2.37. The van der Waals surface area contributed by atoms with Crippen LogP contribution in [0.1, 0.15) is 45.6 Å². The molecule has 0 bridgehead atoms. The van der Waals surface area contributed by atoms with E-state index < -0.39 is 8.32 Å². The predicted octanol–water partition coefficient (Wildman–Crippen LogP) is 6.21. The summed E-state index contributed by atoms with van der Waals surface area (Å²) in [5.74, 6) is 0. The van der Waals surface area contributed by atoms with E-state index in [1.54, 1.807) is 0 Å². The first-order chi connectivity index (χ1) is 15.9. The molecule has 0 aliphatic carbocycles. The van der Waals surface area contributed by atoms with Gasteiger partial charge in [-0.2, -0.15) is 0 Å². The number of hydrogen-bond acceptors (Lipinski definition) is 2. The van der Waals surface area contributed by atoms with Crippen LogP contribution in [0.15, 0.2) is 97.6 Å². The Morgan fingerprint density at radius 1 is 0.818 bits per heavy atom. The van der Waals surface area contributed by atoms with Gasteiger partial charge in [-0.1, -0.05) is 118 Å². The summed E-state index contributed by atoms with van der Waals surface area (Å²) in [6.45, 7) is 11.9. The van der Waals surface area contributed by atoms with Crippen LogP contribution in [0.3, 0.4) is 0 Å². The van der Waals surface area contributed by atoms with Crippen molar-refractivity contribution in [1.29, 1.82) is 0 Å². The second kappa shape index (κ2) is 10.2. The Hall–Kier alpha value is -2.46. The summed E-state index contributed by atoms with van der Waals surface area (Å²) in [5.41, 5.74) is 2.35. The molecule has 3 aromatic rings. The standard InChI is InChI=1S/C30H36O2Si/c1-24(25-14-8-5-9-15-25)22-26-20-21-27(32-26)23-31-33(30(2,3)4,28-16-10-6-11-17-28)29-18-12-7-13-19-29/h5-19,26-27H,1,20-23H2,2-4H3/t26-,27-/m0/s1. The van der Waals surface area contributed by atoms with Gasteiger partial charge in [-0.15, -0.1) is 0 Å². The molecule has 2 atom stereocenters. The zero-order chi connectivity index (χ0) is 23.3. The van der Waals surface area contributed by atoms with E-state index in [4.69, 9.17) is 9.16 Å². The molecule has 2 nitrogen and oxygen atoms in total. The molecule has 1 fully saturated rings. The van der Waals surface area contributed by atoms with E-state index in [2.05, 4.69) is 112 Å². The van der Waals surface area contributed by atoms with Crippen LogP contribution in [-0.4, -0.2) is 27.1 Å². The Labute approximate surface area is 200 Å². The van der Waals surface area contributed by atoms with E-state index >= 15 is 0 Å². The SMILES string of the molecule is C=C(C[C@@H]1CC[C@@H](CO[Si](c2ccccc2)(c2ccccc2)C(C)(C)C)O1)c1ccccc1. The van der Waals surface area contributed by atoms with E-state index in [0.717, 1.165) is 24.8 Å². The predicted molar refractivity (Wildman–Crippen MR) is 142 cm³/mol. The topological polar surface area (TPSA) is 18.5 Å². The van der Waals surface area contributed by atoms with Crippen molar-refractivity contribution in [2.24, 2.45) is 0 Å². The Kier molecular flexibility index (Phi) is 7.33. The Morgan fingerprint density at radius 2 is 1.30 bits per heavy atom. The molecule has 0 spiro atoms. The monoisotopic (exact) mass is 456 g/mol. The lowest BCUT2D eigenvalue weighted by molar-refractivity contribution is 0.0183. The van der Waals surface area contributed by atoms with Crippen molar-refractivity contribution in [3.8, 4) is 0 Å². The van der Waals surface area contributed by atoms with E-state index in [9.17, 15) is 0 Å². The van der Waals surface area contributed by atoms with Crippen molar-refractivity contribution < 1.29 is 9.16 Å². The lowest BCUT2D eigenvalue weighted by Crippen LogP contribution is -2.67. The molecule has 33 heavy (non-hydrogen) atoms. The minimum Gasteiger partial charge on any atom is -0.405 e. The summed E-state index contributed by atoms with van der Waals surface area (Å²) in [4.78, 5) is 0. The number of ether oxygens (including phenoxy) is 1. The number of rotatable bonds is 8. The van der Waals surface area contributed by atoms with Gasteiger partial charge in [-0.3, -0.25) is 0 Å². The maximum atomic E-state index is 7.08. The van der Waals surface area contributed by atoms with E-state index in [0.29, 0.717) is 6.61 Å². The van der Waals surface area contributed by atoms with Crippen LogP contribution in [0.25, 0.3) is 5.57 Å². The average Bonchev–Trinajstić information content (AvgIpc) is 3.28. The Morgan fingerprint density at radius 3 is 1.82 bits per heavy atom. The molecular weight excluding hydrogens is 420 g/mol. The number of benzene rings is 3. The molecule has 172 valence electrons. The summed E-state index contributed by atoms with van der Waals surface area (Å²) < 4.78 is 13.5. The van der Waals surface area contributed by atoms with Gasteiger partial charge in [0.2, 0.25) is 0 Å². The van der Waals surface area contributed by atoms with Gasteiger partial charge >= 0.3 is 0 Å². The van der Waals surface area contributed by atoms with Gasteiger partial charge in [0.1, 0.15) is 0 Å². The third-order valence-corrected chi connectivity index (χ3v) is 11.8. The zero-order valence-electron chi connectivity index (χ0n) is 20.2. The van der Waals surface area contributed by atoms with Crippen LogP contribution < -0.4 is 10.4 Å². The second-order valence-electron chi connectivity index (χ2n) is 10.1. The average molecular weight is 457 g/mol. The fourth-order valence-electron chi connectivity index (χ4n) is 5.10. The summed E-state index contributed by atoms with van der Waals surface area (Å²) in [6, 6.07) is 32.1. The first-order valence-corrected chi connectivity index (χ1v) is 13.9. The van der Waals surface area contributed by atoms with Crippen LogP contribution in [0.2, 0.25) is 5.04 Å². The molecule has 0 saturated carbocycles. The fraction of sp³-hybridized carbons (Fsp3) is 0.333. The highest BCUT2D eigenvalue weighted by Gasteiger charge is 2.50. The van der Waals surface area contributed by atoms with Gasteiger partial charge in [-0.25, -0.2) is 0 Å². The minimum absolute atomic E-state index is 0.0185. The summed E-state index contributed by atoms with van der Waals surface area (Å²) in [7, 11) is -2.52. The fourth-order valence-corrected chi connectivity index (χ4v) is 9.69. The van der Waals surface area contributed by atoms with Crippen LogP contribution in [-0.2, 0) is 9.16 Å². The highest BCUT2D eigenvalue weighted by molar-refractivity contribution is 6.99. The third kappa shape index (κ3) is 5.21. The first kappa shape index (κ1) is 23.7. The van der Waals surface area contributed by atoms with E-state index in [-0.39, 0.29) is 17.2 Å². The first-order valence-electron chi connectivity index (χ1n) is 12.0. The third-order valence-electron chi connectivity index (χ3n) is 6.75. The lowest BCUT2D eigenvalue weighted by atomic mass is 10.0. The molecule has 3 heteroatoms. The van der Waals surface area contributed by atoms with Crippen molar-refractivity contribution >= 4 is 24.3 Å². The summed E-state index contributed by atoms with van der Waals surface area (Å²) in [6.07, 6.45) is 3.30. The molecule has 1 aliphatic rings. The van der Waals surface area contributed by atoms with Gasteiger partial charge in [0.05, 0.1) is 18.8 Å². The van der Waals surface area contributed by atoms with Gasteiger partial charge in [0.15, 0.2) is 0 Å². The maximum Gasteiger partial charge on any atom is 0.261 e. The Bertz CT molecular complexity index is 986. The van der Waals surface area contributed by atoms with E-state index in [1.165, 1.54) is 15.9 Å². The van der Waals surface area contributed by atoms with Crippen molar-refractivity contribution in [2.75, 3.05) is 6.61 Å². The molecule has 1 aliphatic heterocycles. The summed E-state index contributed by atoms with van der Waals surface area (Å²) in [5, 5.41) is 2.61. The molecule has 0 amide bonds. The minimum atomic E-state index is -2.52. The van der Waals surface area contributed by atoms with Gasteiger partial charge in [0.25, 0.3) is 8.32 Å². The molecule has 1 heterocycles. The van der Waals surface area contributed by atoms with Crippen molar-refractivity contribution in [2.45, 2.75) is 57.3 Å². The van der Waals surface area contributed by atoms with Crippen LogP contribution in [0.4, 0.5) is 0 Å². The van der Waals surface area contributed by atoms with Crippen molar-refractivity contribution in [1.82, 2.24) is 0 Å². The molecule has 0 N–H and O–H groups in total. The summed E-state index contributed by atoms with van der Waals surface area (Å²) >= 11 is 0. The largest absolute Gasteiger partial charge is 0.405 e. The molecule has 3 aromatic carbocycles. The Balaban J connectivity index is 1.51. The highest BCUT2D eigenvalue weighted by atomic mass is 28.4. The second-order valence-corrected chi connectivity index (χ2v) is 14.4. The molecule has 0 radical (unpaired) electrons. The normalized spacial score (nSPS) is 18.9. The molecule has 4 rings (SSSR count). The molecular formula is C30H36O2Si. The van der Waals surface area contributed by atoms with Gasteiger partial charge in [-0.05, 0) is 45.8 Å². The smallest absolute Gasteiger partial charge is 0.261 e. The van der Waals surface area contributed by atoms with Crippen molar-refractivity contribution in [3.63, 3.8) is 0 Å². The van der Waals surface area contributed by atoms with E-state index in [1.807, 2.05) is 6.07 Å². The zero-order valence-corrected chi connectivity index (χ0v) is 21.2. The van der Waals surface area contributed by atoms with Crippen LogP contribution in [0.5, 0.6) is 0 Å². The van der Waals surface area contributed by atoms with Crippen LogP contribution in [0, 0.1) is 0 Å². The van der Waals surface area contributed by atoms with Crippen LogP contribution >= 0.6 is 0 Å². The van der Waals surface area contributed by atoms with Gasteiger partial charge < -0.3 is 9.16 Å². The molecule has 0 aromatic heterocycles. The molecule has 1 saturated heterocycles. The maximum absolute atomic E-state index is 7.08. The molecule has 0 unspecified atom stereocenters.